The first-order chi connectivity index (χ1) is 13.6. The quantitative estimate of drug-likeness (QED) is 0.854. The van der Waals surface area contributed by atoms with Crippen molar-refractivity contribution < 1.29 is 9.53 Å². The van der Waals surface area contributed by atoms with E-state index >= 15 is 0 Å². The van der Waals surface area contributed by atoms with Crippen molar-refractivity contribution in [3.8, 4) is 11.1 Å². The molecule has 5 heteroatoms. The molecule has 2 heterocycles. The van der Waals surface area contributed by atoms with Crippen molar-refractivity contribution >= 4 is 11.6 Å². The van der Waals surface area contributed by atoms with Gasteiger partial charge in [-0.3, -0.25) is 9.59 Å². The Bertz CT molecular complexity index is 955. The number of pyridine rings is 1. The van der Waals surface area contributed by atoms with E-state index in [1.54, 1.807) is 11.6 Å². The van der Waals surface area contributed by atoms with Crippen molar-refractivity contribution in [2.45, 2.75) is 64.6 Å². The molecule has 1 saturated carbocycles. The van der Waals surface area contributed by atoms with E-state index in [2.05, 4.69) is 17.4 Å². The van der Waals surface area contributed by atoms with Crippen LogP contribution >= 0.6 is 0 Å². The normalized spacial score (nSPS) is 16.9. The second-order valence-electron chi connectivity index (χ2n) is 7.92. The van der Waals surface area contributed by atoms with Crippen LogP contribution in [0.3, 0.4) is 0 Å². The van der Waals surface area contributed by atoms with Crippen LogP contribution in [0.2, 0.25) is 0 Å². The van der Waals surface area contributed by atoms with Crippen molar-refractivity contribution in [2.75, 3.05) is 5.32 Å². The molecule has 28 heavy (non-hydrogen) atoms. The molecule has 4 rings (SSSR count). The van der Waals surface area contributed by atoms with E-state index in [4.69, 9.17) is 4.74 Å². The lowest BCUT2D eigenvalue weighted by Crippen LogP contribution is -2.22. The van der Waals surface area contributed by atoms with E-state index < -0.39 is 0 Å². The molecular formula is C23H28N2O3. The molecule has 0 spiro atoms. The standard InChI is InChI=1S/C23H28N2O3/c1-3-15-12-17(13-25(2)23(15)27)19-10-8-16-9-11-21(26)24-22(16)20(19)14-28-18-6-4-5-7-18/h8,10,12-13,18H,3-7,9,11,14H2,1-2H3,(H,24,26). The van der Waals surface area contributed by atoms with E-state index in [-0.39, 0.29) is 11.5 Å². The first kappa shape index (κ1) is 18.9. The smallest absolute Gasteiger partial charge is 0.253 e. The summed E-state index contributed by atoms with van der Waals surface area (Å²) in [6.07, 6.45) is 8.81. The molecule has 1 amide bonds. The van der Waals surface area contributed by atoms with Crippen LogP contribution in [0.1, 0.15) is 55.7 Å². The molecule has 1 N–H and O–H groups in total. The fourth-order valence-electron chi connectivity index (χ4n) is 4.37. The molecule has 0 bridgehead atoms. The summed E-state index contributed by atoms with van der Waals surface area (Å²) in [4.78, 5) is 24.4. The first-order valence-corrected chi connectivity index (χ1v) is 10.3. The lowest BCUT2D eigenvalue weighted by atomic mass is 9.92. The average Bonchev–Trinajstić information content (AvgIpc) is 3.21. The minimum atomic E-state index is 0.0428. The summed E-state index contributed by atoms with van der Waals surface area (Å²) in [6.45, 7) is 2.48. The van der Waals surface area contributed by atoms with E-state index in [1.807, 2.05) is 19.2 Å². The van der Waals surface area contributed by atoms with Gasteiger partial charge in [0.2, 0.25) is 5.91 Å². The Morgan fingerprint density at radius 2 is 1.96 bits per heavy atom. The van der Waals surface area contributed by atoms with Gasteiger partial charge < -0.3 is 14.6 Å². The molecule has 2 aliphatic rings. The molecule has 1 aromatic carbocycles. The number of amides is 1. The summed E-state index contributed by atoms with van der Waals surface area (Å²) < 4.78 is 7.89. The summed E-state index contributed by atoms with van der Waals surface area (Å²) in [5, 5.41) is 3.08. The largest absolute Gasteiger partial charge is 0.373 e. The first-order valence-electron chi connectivity index (χ1n) is 10.3. The fraction of sp³-hybridized carbons (Fsp3) is 0.478. The van der Waals surface area contributed by atoms with Crippen LogP contribution < -0.4 is 10.9 Å². The average molecular weight is 380 g/mol. The van der Waals surface area contributed by atoms with E-state index in [0.717, 1.165) is 52.8 Å². The lowest BCUT2D eigenvalue weighted by Gasteiger charge is -2.24. The zero-order chi connectivity index (χ0) is 19.7. The number of anilines is 1. The number of nitrogens with one attached hydrogen (secondary N) is 1. The zero-order valence-electron chi connectivity index (χ0n) is 16.7. The zero-order valence-corrected chi connectivity index (χ0v) is 16.7. The summed E-state index contributed by atoms with van der Waals surface area (Å²) in [5.41, 5.74) is 5.95. The lowest BCUT2D eigenvalue weighted by molar-refractivity contribution is -0.116. The third-order valence-corrected chi connectivity index (χ3v) is 6.00. The molecular weight excluding hydrogens is 352 g/mol. The van der Waals surface area contributed by atoms with E-state index in [9.17, 15) is 9.59 Å². The Morgan fingerprint density at radius 3 is 2.71 bits per heavy atom. The third-order valence-electron chi connectivity index (χ3n) is 6.00. The molecule has 0 radical (unpaired) electrons. The van der Waals surface area contributed by atoms with Crippen LogP contribution in [0.5, 0.6) is 0 Å². The number of aromatic nitrogens is 1. The van der Waals surface area contributed by atoms with Gasteiger partial charge in [-0.2, -0.15) is 0 Å². The van der Waals surface area contributed by atoms with Gasteiger partial charge in [-0.25, -0.2) is 0 Å². The Morgan fingerprint density at radius 1 is 1.18 bits per heavy atom. The number of ether oxygens (including phenoxy) is 1. The Hall–Kier alpha value is -2.40. The molecule has 1 aliphatic heterocycles. The van der Waals surface area contributed by atoms with Crippen molar-refractivity contribution in [1.29, 1.82) is 0 Å². The van der Waals surface area contributed by atoms with E-state index in [0.29, 0.717) is 25.6 Å². The molecule has 1 fully saturated rings. The Kier molecular flexibility index (Phi) is 5.36. The van der Waals surface area contributed by atoms with Crippen molar-refractivity contribution in [3.05, 3.63) is 51.4 Å². The van der Waals surface area contributed by atoms with Gasteiger partial charge in [0.25, 0.3) is 5.56 Å². The highest BCUT2D eigenvalue weighted by molar-refractivity contribution is 5.96. The summed E-state index contributed by atoms with van der Waals surface area (Å²) in [7, 11) is 1.79. The van der Waals surface area contributed by atoms with Crippen molar-refractivity contribution in [1.82, 2.24) is 4.57 Å². The van der Waals surface area contributed by atoms with Crippen LogP contribution in [0.15, 0.2) is 29.2 Å². The van der Waals surface area contributed by atoms with Crippen LogP contribution in [-0.2, 0) is 36.0 Å². The number of carbonyl (C=O) groups excluding carboxylic acids is 1. The topological polar surface area (TPSA) is 60.3 Å². The summed E-state index contributed by atoms with van der Waals surface area (Å²) in [6, 6.07) is 6.19. The monoisotopic (exact) mass is 380 g/mol. The molecule has 1 aromatic heterocycles. The van der Waals surface area contributed by atoms with Gasteiger partial charge in [0.05, 0.1) is 18.4 Å². The second-order valence-corrected chi connectivity index (χ2v) is 7.92. The van der Waals surface area contributed by atoms with Gasteiger partial charge in [-0.05, 0) is 48.4 Å². The Balaban J connectivity index is 1.79. The van der Waals surface area contributed by atoms with Crippen LogP contribution in [0.25, 0.3) is 11.1 Å². The minimum Gasteiger partial charge on any atom is -0.373 e. The highest BCUT2D eigenvalue weighted by Gasteiger charge is 2.23. The Labute approximate surface area is 165 Å². The number of rotatable bonds is 5. The van der Waals surface area contributed by atoms with Gasteiger partial charge in [-0.15, -0.1) is 0 Å². The van der Waals surface area contributed by atoms with Gasteiger partial charge >= 0.3 is 0 Å². The summed E-state index contributed by atoms with van der Waals surface area (Å²) in [5.74, 6) is 0.0569. The molecule has 0 atom stereocenters. The molecule has 2 aromatic rings. The number of fused-ring (bicyclic) bond motifs is 1. The third kappa shape index (κ3) is 3.63. The van der Waals surface area contributed by atoms with Crippen LogP contribution in [-0.4, -0.2) is 16.6 Å². The molecule has 1 aliphatic carbocycles. The van der Waals surface area contributed by atoms with Crippen LogP contribution in [0.4, 0.5) is 5.69 Å². The minimum absolute atomic E-state index is 0.0428. The molecule has 5 nitrogen and oxygen atoms in total. The number of benzene rings is 1. The maximum absolute atomic E-state index is 12.3. The highest BCUT2D eigenvalue weighted by atomic mass is 16.5. The van der Waals surface area contributed by atoms with E-state index in [1.165, 1.54) is 12.8 Å². The SMILES string of the molecule is CCc1cc(-c2ccc3c(c2COC2CCCC2)NC(=O)CC3)cn(C)c1=O. The van der Waals surface area contributed by atoms with Gasteiger partial charge in [-0.1, -0.05) is 31.9 Å². The maximum atomic E-state index is 12.3. The second kappa shape index (κ2) is 7.92. The summed E-state index contributed by atoms with van der Waals surface area (Å²) >= 11 is 0. The van der Waals surface area contributed by atoms with Gasteiger partial charge in [0.15, 0.2) is 0 Å². The van der Waals surface area contributed by atoms with Crippen molar-refractivity contribution in [2.24, 2.45) is 7.05 Å². The predicted octanol–water partition coefficient (Wildman–Crippen LogP) is 3.96. The number of nitrogens with zero attached hydrogens (tertiary/aromatic N) is 1. The van der Waals surface area contributed by atoms with Gasteiger partial charge in [0.1, 0.15) is 0 Å². The number of carbonyl (C=O) groups is 1. The van der Waals surface area contributed by atoms with Crippen molar-refractivity contribution in [3.63, 3.8) is 0 Å². The maximum Gasteiger partial charge on any atom is 0.253 e. The highest BCUT2D eigenvalue weighted by Crippen LogP contribution is 2.36. The number of hydrogen-bond acceptors (Lipinski definition) is 3. The number of hydrogen-bond donors (Lipinski definition) is 1. The van der Waals surface area contributed by atoms with Crippen LogP contribution in [0, 0.1) is 0 Å². The number of aryl methyl sites for hydroxylation is 3. The molecule has 148 valence electrons. The molecule has 0 unspecified atom stereocenters. The van der Waals surface area contributed by atoms with Gasteiger partial charge in [0, 0.05) is 30.8 Å². The predicted molar refractivity (Wildman–Crippen MR) is 110 cm³/mol. The molecule has 0 saturated heterocycles. The fourth-order valence-corrected chi connectivity index (χ4v) is 4.37.